The molecule has 2 atom stereocenters. The first-order chi connectivity index (χ1) is 7.42. The predicted octanol–water partition coefficient (Wildman–Crippen LogP) is 1.37. The molecule has 4 heteroatoms. The van der Waals surface area contributed by atoms with E-state index in [2.05, 4.69) is 6.07 Å². The van der Waals surface area contributed by atoms with E-state index in [0.29, 0.717) is 25.4 Å². The topological polar surface area (TPSA) is 70.1 Å². The highest BCUT2D eigenvalue weighted by molar-refractivity contribution is 5.81. The third-order valence-electron chi connectivity index (χ3n) is 2.45. The number of rotatable bonds is 6. The largest absolute Gasteiger partial charge is 0.340 e. The summed E-state index contributed by atoms with van der Waals surface area (Å²) in [5.41, 5.74) is 5.84. The molecule has 0 aliphatic carbocycles. The van der Waals surface area contributed by atoms with Crippen molar-refractivity contribution >= 4 is 5.91 Å². The van der Waals surface area contributed by atoms with Gasteiger partial charge in [0.2, 0.25) is 5.91 Å². The summed E-state index contributed by atoms with van der Waals surface area (Å²) >= 11 is 0. The van der Waals surface area contributed by atoms with Gasteiger partial charge in [-0.3, -0.25) is 4.79 Å². The van der Waals surface area contributed by atoms with Crippen molar-refractivity contribution < 1.29 is 4.79 Å². The standard InChI is InChI=1S/C12H23N3O/c1-5-15(8-10(4)7-13)12(16)11(14)6-9(2)3/h9-11H,5-6,8,14H2,1-4H3/t10?,11-/m0/s1. The Morgan fingerprint density at radius 3 is 2.38 bits per heavy atom. The van der Waals surface area contributed by atoms with E-state index in [-0.39, 0.29) is 11.8 Å². The van der Waals surface area contributed by atoms with E-state index >= 15 is 0 Å². The maximum Gasteiger partial charge on any atom is 0.239 e. The van der Waals surface area contributed by atoms with E-state index in [1.165, 1.54) is 0 Å². The van der Waals surface area contributed by atoms with Crippen LogP contribution in [0.15, 0.2) is 0 Å². The Morgan fingerprint density at radius 2 is 2.00 bits per heavy atom. The molecule has 16 heavy (non-hydrogen) atoms. The van der Waals surface area contributed by atoms with Gasteiger partial charge in [-0.05, 0) is 26.2 Å². The summed E-state index contributed by atoms with van der Waals surface area (Å²) < 4.78 is 0. The van der Waals surface area contributed by atoms with Gasteiger partial charge in [0.15, 0.2) is 0 Å². The van der Waals surface area contributed by atoms with E-state index in [4.69, 9.17) is 11.0 Å². The number of amides is 1. The molecule has 0 aromatic rings. The normalized spacial score (nSPS) is 14.3. The van der Waals surface area contributed by atoms with Crippen molar-refractivity contribution in [3.63, 3.8) is 0 Å². The van der Waals surface area contributed by atoms with Crippen molar-refractivity contribution in [3.8, 4) is 6.07 Å². The Labute approximate surface area is 98.4 Å². The molecular weight excluding hydrogens is 202 g/mol. The molecule has 0 rings (SSSR count). The highest BCUT2D eigenvalue weighted by Crippen LogP contribution is 2.07. The number of nitriles is 1. The molecule has 2 N–H and O–H groups in total. The van der Waals surface area contributed by atoms with Crippen molar-refractivity contribution in [2.75, 3.05) is 13.1 Å². The molecule has 0 fully saturated rings. The molecule has 1 unspecified atom stereocenters. The number of likely N-dealkylation sites (N-methyl/N-ethyl adjacent to an activating group) is 1. The van der Waals surface area contributed by atoms with Crippen LogP contribution in [0.1, 0.15) is 34.1 Å². The second-order valence-electron chi connectivity index (χ2n) is 4.64. The molecular formula is C12H23N3O. The van der Waals surface area contributed by atoms with Crippen molar-refractivity contribution in [1.82, 2.24) is 4.90 Å². The summed E-state index contributed by atoms with van der Waals surface area (Å²) in [6.45, 7) is 8.88. The van der Waals surface area contributed by atoms with Gasteiger partial charge in [0.05, 0.1) is 18.0 Å². The molecule has 0 spiro atoms. The number of carbonyl (C=O) groups excluding carboxylic acids is 1. The number of nitrogens with zero attached hydrogens (tertiary/aromatic N) is 2. The monoisotopic (exact) mass is 225 g/mol. The van der Waals surface area contributed by atoms with E-state index in [1.807, 2.05) is 27.7 Å². The SMILES string of the molecule is CCN(CC(C)C#N)C(=O)[C@@H](N)CC(C)C. The molecule has 0 saturated carbocycles. The summed E-state index contributed by atoms with van der Waals surface area (Å²) in [6, 6.07) is 1.69. The van der Waals surface area contributed by atoms with Crippen molar-refractivity contribution in [2.45, 2.75) is 40.2 Å². The van der Waals surface area contributed by atoms with E-state index in [1.54, 1.807) is 4.90 Å². The lowest BCUT2D eigenvalue weighted by molar-refractivity contribution is -0.133. The van der Waals surface area contributed by atoms with E-state index in [9.17, 15) is 4.79 Å². The highest BCUT2D eigenvalue weighted by atomic mass is 16.2. The van der Waals surface area contributed by atoms with Crippen LogP contribution >= 0.6 is 0 Å². The lowest BCUT2D eigenvalue weighted by Crippen LogP contribution is -2.45. The van der Waals surface area contributed by atoms with Crippen LogP contribution in [0.2, 0.25) is 0 Å². The smallest absolute Gasteiger partial charge is 0.239 e. The summed E-state index contributed by atoms with van der Waals surface area (Å²) in [5.74, 6) is 0.222. The van der Waals surface area contributed by atoms with Crippen LogP contribution in [-0.4, -0.2) is 29.9 Å². The first-order valence-electron chi connectivity index (χ1n) is 5.86. The number of hydrogen-bond acceptors (Lipinski definition) is 3. The maximum absolute atomic E-state index is 12.0. The van der Waals surface area contributed by atoms with Crippen LogP contribution < -0.4 is 5.73 Å². The van der Waals surface area contributed by atoms with Gasteiger partial charge in [-0.15, -0.1) is 0 Å². The Hall–Kier alpha value is -1.08. The third-order valence-corrected chi connectivity index (χ3v) is 2.45. The van der Waals surface area contributed by atoms with Gasteiger partial charge < -0.3 is 10.6 Å². The van der Waals surface area contributed by atoms with E-state index < -0.39 is 6.04 Å². The molecule has 92 valence electrons. The summed E-state index contributed by atoms with van der Waals surface area (Å²) in [7, 11) is 0. The zero-order chi connectivity index (χ0) is 12.7. The molecule has 4 nitrogen and oxygen atoms in total. The molecule has 1 amide bonds. The Kier molecular flexibility index (Phi) is 6.75. The maximum atomic E-state index is 12.0. The van der Waals surface area contributed by atoms with Crippen LogP contribution in [-0.2, 0) is 4.79 Å². The molecule has 0 radical (unpaired) electrons. The summed E-state index contributed by atoms with van der Waals surface area (Å²) in [6.07, 6.45) is 0.691. The van der Waals surface area contributed by atoms with Crippen LogP contribution in [0.4, 0.5) is 0 Å². The lowest BCUT2D eigenvalue weighted by atomic mass is 10.0. The Bertz CT molecular complexity index is 257. The fourth-order valence-electron chi connectivity index (χ4n) is 1.59. The lowest BCUT2D eigenvalue weighted by Gasteiger charge is -2.25. The average Bonchev–Trinajstić information content (AvgIpc) is 2.23. The van der Waals surface area contributed by atoms with Gasteiger partial charge in [0.1, 0.15) is 0 Å². The van der Waals surface area contributed by atoms with E-state index in [0.717, 1.165) is 0 Å². The van der Waals surface area contributed by atoms with Gasteiger partial charge in [-0.25, -0.2) is 0 Å². The van der Waals surface area contributed by atoms with Crippen LogP contribution in [0.25, 0.3) is 0 Å². The fraction of sp³-hybridized carbons (Fsp3) is 0.833. The number of hydrogen-bond donors (Lipinski definition) is 1. The average molecular weight is 225 g/mol. The Morgan fingerprint density at radius 1 is 1.44 bits per heavy atom. The second kappa shape index (κ2) is 7.24. The molecule has 0 heterocycles. The number of nitrogens with two attached hydrogens (primary N) is 1. The molecule has 0 bridgehead atoms. The van der Waals surface area contributed by atoms with Gasteiger partial charge in [-0.1, -0.05) is 13.8 Å². The zero-order valence-electron chi connectivity index (χ0n) is 10.7. The minimum atomic E-state index is -0.439. The Balaban J connectivity index is 4.36. The van der Waals surface area contributed by atoms with Crippen LogP contribution in [0.5, 0.6) is 0 Å². The number of carbonyl (C=O) groups is 1. The second-order valence-corrected chi connectivity index (χ2v) is 4.64. The van der Waals surface area contributed by atoms with Crippen molar-refractivity contribution in [3.05, 3.63) is 0 Å². The molecule has 0 saturated heterocycles. The molecule has 0 aromatic heterocycles. The van der Waals surface area contributed by atoms with Crippen molar-refractivity contribution in [2.24, 2.45) is 17.6 Å². The first kappa shape index (κ1) is 14.9. The quantitative estimate of drug-likeness (QED) is 0.742. The van der Waals surface area contributed by atoms with Crippen LogP contribution in [0, 0.1) is 23.2 Å². The van der Waals surface area contributed by atoms with Gasteiger partial charge in [0.25, 0.3) is 0 Å². The molecule has 0 aliphatic rings. The third kappa shape index (κ3) is 5.13. The minimum absolute atomic E-state index is 0.0432. The van der Waals surface area contributed by atoms with Crippen LogP contribution in [0.3, 0.4) is 0 Å². The highest BCUT2D eigenvalue weighted by Gasteiger charge is 2.21. The van der Waals surface area contributed by atoms with Gasteiger partial charge >= 0.3 is 0 Å². The predicted molar refractivity (Wildman–Crippen MR) is 64.5 cm³/mol. The summed E-state index contributed by atoms with van der Waals surface area (Å²) in [4.78, 5) is 13.6. The van der Waals surface area contributed by atoms with Crippen molar-refractivity contribution in [1.29, 1.82) is 5.26 Å². The van der Waals surface area contributed by atoms with Gasteiger partial charge in [0, 0.05) is 13.1 Å². The first-order valence-corrected chi connectivity index (χ1v) is 5.86. The fourth-order valence-corrected chi connectivity index (χ4v) is 1.59. The molecule has 0 aromatic carbocycles. The molecule has 0 aliphatic heterocycles. The zero-order valence-corrected chi connectivity index (χ0v) is 10.7. The van der Waals surface area contributed by atoms with Gasteiger partial charge in [-0.2, -0.15) is 5.26 Å². The minimum Gasteiger partial charge on any atom is -0.340 e. The summed E-state index contributed by atoms with van der Waals surface area (Å²) in [5, 5.41) is 8.73.